The van der Waals surface area contributed by atoms with Crippen molar-refractivity contribution in [3.8, 4) is 22.5 Å². The molecule has 2 heterocycles. The first kappa shape index (κ1) is 51.6. The summed E-state index contributed by atoms with van der Waals surface area (Å²) in [6.45, 7) is 0.447. The summed E-state index contributed by atoms with van der Waals surface area (Å²) in [5.74, 6) is 2.01. The Hall–Kier alpha value is -3.73. The fourth-order valence-electron chi connectivity index (χ4n) is 8.75. The average Bonchev–Trinajstić information content (AvgIpc) is 4.29. The van der Waals surface area contributed by atoms with Gasteiger partial charge < -0.3 is 33.8 Å². The lowest BCUT2D eigenvalue weighted by Gasteiger charge is -2.36. The molecule has 0 bridgehead atoms. The molecule has 0 unspecified atom stereocenters. The van der Waals surface area contributed by atoms with E-state index in [0.29, 0.717) is 128 Å². The van der Waals surface area contributed by atoms with Crippen LogP contribution in [0, 0.1) is 11.6 Å². The number of aliphatic hydroxyl groups excluding tert-OH is 2. The first-order valence-corrected chi connectivity index (χ1v) is 25.3. The monoisotopic (exact) mass is 1090 g/mol. The van der Waals surface area contributed by atoms with E-state index in [1.807, 2.05) is 6.07 Å². The van der Waals surface area contributed by atoms with Crippen molar-refractivity contribution in [2.75, 3.05) is 0 Å². The zero-order valence-electron chi connectivity index (χ0n) is 37.5. The van der Waals surface area contributed by atoms with E-state index in [4.69, 9.17) is 70.0 Å². The number of rotatable bonds is 13. The minimum Gasteiger partial charge on any atom is -0.392 e. The summed E-state index contributed by atoms with van der Waals surface area (Å²) >= 11 is 28.6. The number of Topliss-reactive ketones (excluding diaryl/α,β-unsaturated/α-hetero) is 1. The van der Waals surface area contributed by atoms with Crippen molar-refractivity contribution in [2.24, 2.45) is 0 Å². The molecule has 2 aromatic heterocycles. The fourth-order valence-corrected chi connectivity index (χ4v) is 10.3. The van der Waals surface area contributed by atoms with Gasteiger partial charge in [-0.25, -0.2) is 8.78 Å². The van der Waals surface area contributed by atoms with Crippen LogP contribution in [0.4, 0.5) is 8.78 Å². The number of benzene rings is 4. The minimum absolute atomic E-state index is 0.0567. The number of aromatic nitrogens is 2. The lowest BCUT2D eigenvalue weighted by atomic mass is 9.78. The maximum atomic E-state index is 14.5. The predicted octanol–water partition coefficient (Wildman–Crippen LogP) is 14.1. The Balaban J connectivity index is 0.000000160. The summed E-state index contributed by atoms with van der Waals surface area (Å²) in [5, 5.41) is 39.8. The quantitative estimate of drug-likeness (QED) is 0.102. The Labute approximate surface area is 427 Å². The molecule has 69 heavy (non-hydrogen) atoms. The van der Waals surface area contributed by atoms with E-state index in [-0.39, 0.29) is 36.8 Å². The Bertz CT molecular complexity index is 2700. The number of ketones is 1. The Morgan fingerprint density at radius 1 is 0.638 bits per heavy atom. The van der Waals surface area contributed by atoms with Gasteiger partial charge in [0.1, 0.15) is 40.3 Å². The molecule has 4 aliphatic rings. The van der Waals surface area contributed by atoms with Crippen molar-refractivity contribution in [1.82, 2.24) is 10.3 Å². The third-order valence-electron chi connectivity index (χ3n) is 13.0. The standard InChI is InChI=1S/C26H26Cl2FNO4.C19H19Cl2NO3.C7H6BrFO/c27-20-2-1-3-21(28)23(20)24-18(25(34-30-24)16-5-6-16)14-33-17-8-10-26(32,11-9-17)19-12-15(13-31)4-7-22(19)29;20-15-2-1-3-16(21)17(15)18-14(19(25-22-18)11-4-5-11)10-24-13-8-6-12(23)7-9-13;8-6-3-5(4-10)1-2-7(6)9/h1-4,7,12,16-17,31-32H,5-6,8-11,13-14H2;1-3,11,13H,4-10H2;1-3,10H,4H2. The van der Waals surface area contributed by atoms with Gasteiger partial charge in [-0.2, -0.15) is 0 Å². The van der Waals surface area contributed by atoms with Gasteiger partial charge in [0.25, 0.3) is 0 Å². The molecule has 0 saturated heterocycles. The van der Waals surface area contributed by atoms with Crippen LogP contribution in [0.2, 0.25) is 20.1 Å². The Morgan fingerprint density at radius 2 is 1.07 bits per heavy atom. The van der Waals surface area contributed by atoms with Gasteiger partial charge in [0.05, 0.1) is 68.8 Å². The molecule has 366 valence electrons. The lowest BCUT2D eigenvalue weighted by molar-refractivity contribution is -0.123. The van der Waals surface area contributed by atoms with Crippen molar-refractivity contribution in [3.63, 3.8) is 0 Å². The van der Waals surface area contributed by atoms with Crippen LogP contribution in [0.15, 0.2) is 86.3 Å². The van der Waals surface area contributed by atoms with Gasteiger partial charge >= 0.3 is 0 Å². The Kier molecular flexibility index (Phi) is 17.4. The zero-order valence-corrected chi connectivity index (χ0v) is 42.1. The van der Waals surface area contributed by atoms with Crippen molar-refractivity contribution < 1.29 is 47.4 Å². The summed E-state index contributed by atoms with van der Waals surface area (Å²) in [6.07, 6.45) is 8.98. The molecular weight excluding hydrogens is 1040 g/mol. The van der Waals surface area contributed by atoms with Gasteiger partial charge in [0.2, 0.25) is 0 Å². The van der Waals surface area contributed by atoms with E-state index in [9.17, 15) is 23.8 Å². The number of hydrogen-bond donors (Lipinski definition) is 3. The van der Waals surface area contributed by atoms with E-state index < -0.39 is 11.4 Å². The number of carbonyl (C=O) groups is 1. The smallest absolute Gasteiger partial charge is 0.145 e. The minimum atomic E-state index is -1.28. The van der Waals surface area contributed by atoms with Crippen LogP contribution in [0.1, 0.15) is 128 Å². The molecule has 0 spiro atoms. The number of halogens is 7. The van der Waals surface area contributed by atoms with Gasteiger partial charge in [-0.15, -0.1) is 0 Å². The zero-order chi connectivity index (χ0) is 48.8. The van der Waals surface area contributed by atoms with Crippen LogP contribution in [0.3, 0.4) is 0 Å². The van der Waals surface area contributed by atoms with E-state index in [1.54, 1.807) is 48.5 Å². The second-order valence-corrected chi connectivity index (χ2v) is 20.4. The highest BCUT2D eigenvalue weighted by Crippen LogP contribution is 2.48. The summed E-state index contributed by atoms with van der Waals surface area (Å²) in [4.78, 5) is 11.4. The number of hydrogen-bond acceptors (Lipinski definition) is 10. The first-order valence-electron chi connectivity index (χ1n) is 23.0. The average molecular weight is 1090 g/mol. The van der Waals surface area contributed by atoms with Crippen LogP contribution < -0.4 is 0 Å². The summed E-state index contributed by atoms with van der Waals surface area (Å²) in [6, 6.07) is 19.5. The third-order valence-corrected chi connectivity index (χ3v) is 14.9. The normalized spacial score (nSPS) is 19.4. The summed E-state index contributed by atoms with van der Waals surface area (Å²) < 4.78 is 51.0. The maximum absolute atomic E-state index is 14.5. The van der Waals surface area contributed by atoms with E-state index in [2.05, 4.69) is 26.2 Å². The molecule has 17 heteroatoms. The van der Waals surface area contributed by atoms with Crippen LogP contribution in [0.25, 0.3) is 22.5 Å². The highest BCUT2D eigenvalue weighted by atomic mass is 79.9. The van der Waals surface area contributed by atoms with Crippen molar-refractivity contribution in [2.45, 2.75) is 133 Å². The second kappa shape index (κ2) is 23.2. The fraction of sp³-hybridized carbons (Fsp3) is 0.404. The molecule has 6 aromatic rings. The SMILES string of the molecule is O=C1CCC(OCc2c(-c3c(Cl)cccc3Cl)noc2C2CC2)CC1.OCc1ccc(F)c(Br)c1.OCc1ccc(F)c(C2(O)CCC(OCc3c(-c4c(Cl)cccc4Cl)noc3C3CC3)CC2)c1. The highest BCUT2D eigenvalue weighted by molar-refractivity contribution is 9.10. The third kappa shape index (κ3) is 12.7. The topological polar surface area (TPSA) is 148 Å². The van der Waals surface area contributed by atoms with Gasteiger partial charge in [0.15, 0.2) is 0 Å². The maximum Gasteiger partial charge on any atom is 0.145 e. The van der Waals surface area contributed by atoms with Crippen LogP contribution in [0.5, 0.6) is 0 Å². The summed E-state index contributed by atoms with van der Waals surface area (Å²) in [7, 11) is 0. The molecule has 0 radical (unpaired) electrons. The molecule has 0 aliphatic heterocycles. The van der Waals surface area contributed by atoms with E-state index >= 15 is 0 Å². The van der Waals surface area contributed by atoms with Gasteiger partial charge in [-0.05, 0) is 140 Å². The number of nitrogens with zero attached hydrogens (tertiary/aromatic N) is 2. The first-order chi connectivity index (χ1) is 33.3. The highest BCUT2D eigenvalue weighted by Gasteiger charge is 2.39. The van der Waals surface area contributed by atoms with Gasteiger partial charge in [0, 0.05) is 52.5 Å². The molecule has 10 nitrogen and oxygen atoms in total. The molecule has 4 fully saturated rings. The molecule has 0 amide bonds. The molecular formula is C52H51BrCl4F2N2O8. The van der Waals surface area contributed by atoms with Crippen LogP contribution >= 0.6 is 62.3 Å². The number of carbonyl (C=O) groups excluding carboxylic acids is 1. The van der Waals surface area contributed by atoms with Gasteiger partial charge in [-0.1, -0.05) is 81.0 Å². The van der Waals surface area contributed by atoms with E-state index in [0.717, 1.165) is 61.2 Å². The lowest BCUT2D eigenvalue weighted by Crippen LogP contribution is -2.35. The van der Waals surface area contributed by atoms with Crippen molar-refractivity contribution in [1.29, 1.82) is 0 Å². The molecule has 4 saturated carbocycles. The molecule has 4 aliphatic carbocycles. The largest absolute Gasteiger partial charge is 0.392 e. The van der Waals surface area contributed by atoms with Crippen LogP contribution in [-0.2, 0) is 46.3 Å². The Morgan fingerprint density at radius 3 is 1.51 bits per heavy atom. The molecule has 10 rings (SSSR count). The molecule has 0 atom stereocenters. The number of aliphatic hydroxyl groups is 3. The van der Waals surface area contributed by atoms with Crippen LogP contribution in [-0.4, -0.2) is 43.6 Å². The van der Waals surface area contributed by atoms with Crippen molar-refractivity contribution >= 4 is 68.1 Å². The van der Waals surface area contributed by atoms with E-state index in [1.165, 1.54) is 18.2 Å². The van der Waals surface area contributed by atoms with Gasteiger partial charge in [-0.3, -0.25) is 4.79 Å². The number of ether oxygens (including phenoxy) is 2. The second-order valence-electron chi connectivity index (χ2n) is 18.0. The molecule has 3 N–H and O–H groups in total. The molecule has 4 aromatic carbocycles. The van der Waals surface area contributed by atoms with Crippen molar-refractivity contribution in [3.05, 3.63) is 148 Å². The predicted molar refractivity (Wildman–Crippen MR) is 263 cm³/mol. The summed E-state index contributed by atoms with van der Waals surface area (Å²) in [5.41, 5.74) is 4.65.